The summed E-state index contributed by atoms with van der Waals surface area (Å²) in [5.74, 6) is 0.0574. The molecule has 1 atom stereocenters. The van der Waals surface area contributed by atoms with Gasteiger partial charge in [0.15, 0.2) is 0 Å². The summed E-state index contributed by atoms with van der Waals surface area (Å²) in [5.41, 5.74) is 5.51. The molecular formula is C17H16ClNO. The van der Waals surface area contributed by atoms with E-state index in [-0.39, 0.29) is 11.3 Å². The Morgan fingerprint density at radius 1 is 1.25 bits per heavy atom. The second-order valence-corrected chi connectivity index (χ2v) is 5.83. The lowest BCUT2D eigenvalue weighted by Crippen LogP contribution is -2.03. The minimum Gasteiger partial charge on any atom is -0.326 e. The summed E-state index contributed by atoms with van der Waals surface area (Å²) in [5, 5.41) is 2.77. The first-order chi connectivity index (χ1) is 9.61. The Bertz CT molecular complexity index is 666. The lowest BCUT2D eigenvalue weighted by molar-refractivity contribution is -0.115. The Morgan fingerprint density at radius 2 is 2.10 bits per heavy atom. The highest BCUT2D eigenvalue weighted by molar-refractivity contribution is 6.21. The maximum Gasteiger partial charge on any atom is 0.228 e. The topological polar surface area (TPSA) is 29.1 Å². The van der Waals surface area contributed by atoms with Crippen molar-refractivity contribution in [3.63, 3.8) is 0 Å². The van der Waals surface area contributed by atoms with Crippen molar-refractivity contribution in [1.82, 2.24) is 0 Å². The van der Waals surface area contributed by atoms with Crippen LogP contribution in [0.4, 0.5) is 5.69 Å². The maximum absolute atomic E-state index is 11.4. The van der Waals surface area contributed by atoms with Crippen LogP contribution in [0.3, 0.4) is 0 Å². The highest BCUT2D eigenvalue weighted by Gasteiger charge is 2.19. The van der Waals surface area contributed by atoms with Gasteiger partial charge in [0.1, 0.15) is 0 Å². The highest BCUT2D eigenvalue weighted by Crippen LogP contribution is 2.31. The average molecular weight is 286 g/mol. The van der Waals surface area contributed by atoms with Crippen molar-refractivity contribution in [2.75, 3.05) is 5.32 Å². The van der Waals surface area contributed by atoms with Gasteiger partial charge in [0.25, 0.3) is 0 Å². The normalized spacial score (nSPS) is 14.8. The number of amides is 1. The average Bonchev–Trinajstić information content (AvgIpc) is 2.77. The summed E-state index contributed by atoms with van der Waals surface area (Å²) in [6, 6.07) is 14.4. The van der Waals surface area contributed by atoms with Gasteiger partial charge in [0.05, 0.1) is 11.8 Å². The quantitative estimate of drug-likeness (QED) is 0.848. The molecular weight excluding hydrogens is 270 g/mol. The third kappa shape index (κ3) is 2.70. The zero-order valence-electron chi connectivity index (χ0n) is 11.3. The number of nitrogens with one attached hydrogen (secondary N) is 1. The van der Waals surface area contributed by atoms with E-state index in [9.17, 15) is 4.79 Å². The van der Waals surface area contributed by atoms with Crippen LogP contribution in [0.1, 0.15) is 27.6 Å². The summed E-state index contributed by atoms with van der Waals surface area (Å²) < 4.78 is 0. The van der Waals surface area contributed by atoms with Gasteiger partial charge in [-0.25, -0.2) is 0 Å². The molecule has 1 heterocycles. The molecule has 0 fully saturated rings. The summed E-state index contributed by atoms with van der Waals surface area (Å²) >= 11 is 6.53. The molecule has 0 spiro atoms. The second-order valence-electron chi connectivity index (χ2n) is 5.30. The number of halogens is 1. The van der Waals surface area contributed by atoms with Crippen LogP contribution >= 0.6 is 11.6 Å². The molecule has 0 saturated carbocycles. The van der Waals surface area contributed by atoms with Gasteiger partial charge < -0.3 is 5.32 Å². The van der Waals surface area contributed by atoms with Crippen molar-refractivity contribution in [1.29, 1.82) is 0 Å². The number of hydrogen-bond donors (Lipinski definition) is 1. The van der Waals surface area contributed by atoms with Crippen LogP contribution in [0, 0.1) is 6.92 Å². The van der Waals surface area contributed by atoms with Crippen LogP contribution in [0.15, 0.2) is 42.5 Å². The number of hydrogen-bond acceptors (Lipinski definition) is 1. The fourth-order valence-corrected chi connectivity index (χ4v) is 2.92. The Hall–Kier alpha value is -1.80. The van der Waals surface area contributed by atoms with E-state index in [1.54, 1.807) is 0 Å². The molecule has 1 aliphatic heterocycles. The van der Waals surface area contributed by atoms with Crippen LogP contribution in [0.2, 0.25) is 0 Å². The second kappa shape index (κ2) is 5.29. The van der Waals surface area contributed by atoms with Gasteiger partial charge >= 0.3 is 0 Å². The van der Waals surface area contributed by atoms with Gasteiger partial charge in [0.2, 0.25) is 5.91 Å². The molecule has 2 aromatic rings. The van der Waals surface area contributed by atoms with E-state index in [1.807, 2.05) is 18.2 Å². The smallest absolute Gasteiger partial charge is 0.228 e. The molecule has 0 radical (unpaired) electrons. The van der Waals surface area contributed by atoms with E-state index >= 15 is 0 Å². The van der Waals surface area contributed by atoms with Gasteiger partial charge in [-0.15, -0.1) is 11.6 Å². The molecule has 3 heteroatoms. The molecule has 1 amide bonds. The van der Waals surface area contributed by atoms with Crippen molar-refractivity contribution >= 4 is 23.2 Å². The number of benzene rings is 2. The van der Waals surface area contributed by atoms with Crippen molar-refractivity contribution in [2.24, 2.45) is 0 Å². The monoisotopic (exact) mass is 285 g/mol. The van der Waals surface area contributed by atoms with Crippen molar-refractivity contribution < 1.29 is 4.79 Å². The van der Waals surface area contributed by atoms with Gasteiger partial charge in [-0.3, -0.25) is 4.79 Å². The van der Waals surface area contributed by atoms with Crippen LogP contribution in [-0.4, -0.2) is 5.91 Å². The zero-order chi connectivity index (χ0) is 14.1. The van der Waals surface area contributed by atoms with E-state index in [4.69, 9.17) is 11.6 Å². The SMILES string of the molecule is Cc1cccc(CC(Cl)c2ccc3c(c2)CC(=O)N3)c1. The molecule has 0 saturated heterocycles. The van der Waals surface area contributed by atoms with Gasteiger partial charge in [-0.1, -0.05) is 42.0 Å². The lowest BCUT2D eigenvalue weighted by Gasteiger charge is -2.12. The Kier molecular flexibility index (Phi) is 3.49. The van der Waals surface area contributed by atoms with E-state index < -0.39 is 0 Å². The Labute approximate surface area is 123 Å². The lowest BCUT2D eigenvalue weighted by atomic mass is 10.00. The Morgan fingerprint density at radius 3 is 2.90 bits per heavy atom. The van der Waals surface area contributed by atoms with E-state index in [0.29, 0.717) is 6.42 Å². The molecule has 0 aliphatic carbocycles. The molecule has 2 aromatic carbocycles. The minimum atomic E-state index is -0.0715. The molecule has 20 heavy (non-hydrogen) atoms. The predicted octanol–water partition coefficient (Wildman–Crippen LogP) is 4.01. The van der Waals surface area contributed by atoms with E-state index in [2.05, 4.69) is 36.5 Å². The fraction of sp³-hybridized carbons (Fsp3) is 0.235. The molecule has 1 N–H and O–H groups in total. The minimum absolute atomic E-state index is 0.0574. The van der Waals surface area contributed by atoms with Crippen LogP contribution < -0.4 is 5.32 Å². The standard InChI is InChI=1S/C17H16ClNO/c1-11-3-2-4-12(7-11)8-15(18)13-5-6-16-14(9-13)10-17(20)19-16/h2-7,9,15H,8,10H2,1H3,(H,19,20). The summed E-state index contributed by atoms with van der Waals surface area (Å²) in [4.78, 5) is 11.4. The number of alkyl halides is 1. The highest BCUT2D eigenvalue weighted by atomic mass is 35.5. The predicted molar refractivity (Wildman–Crippen MR) is 82.3 cm³/mol. The number of fused-ring (bicyclic) bond motifs is 1. The number of carbonyl (C=O) groups is 1. The third-order valence-corrected chi connectivity index (χ3v) is 4.02. The third-order valence-electron chi connectivity index (χ3n) is 3.61. The summed E-state index contributed by atoms with van der Waals surface area (Å²) in [6.45, 7) is 2.08. The van der Waals surface area contributed by atoms with Crippen LogP contribution in [0.5, 0.6) is 0 Å². The van der Waals surface area contributed by atoms with Gasteiger partial charge in [0, 0.05) is 5.69 Å². The molecule has 2 nitrogen and oxygen atoms in total. The molecule has 0 aromatic heterocycles. The van der Waals surface area contributed by atoms with Crippen molar-refractivity contribution in [2.45, 2.75) is 25.1 Å². The number of anilines is 1. The zero-order valence-corrected chi connectivity index (χ0v) is 12.1. The van der Waals surface area contributed by atoms with Crippen LogP contribution in [0.25, 0.3) is 0 Å². The van der Waals surface area contributed by atoms with E-state index in [0.717, 1.165) is 23.2 Å². The Balaban J connectivity index is 1.79. The summed E-state index contributed by atoms with van der Waals surface area (Å²) in [7, 11) is 0. The summed E-state index contributed by atoms with van der Waals surface area (Å²) in [6.07, 6.45) is 1.25. The van der Waals surface area contributed by atoms with Crippen molar-refractivity contribution in [3.8, 4) is 0 Å². The number of aryl methyl sites for hydroxylation is 1. The molecule has 1 aliphatic rings. The fourth-order valence-electron chi connectivity index (χ4n) is 2.61. The number of carbonyl (C=O) groups excluding carboxylic acids is 1. The maximum atomic E-state index is 11.4. The molecule has 1 unspecified atom stereocenters. The first kappa shape index (κ1) is 13.2. The molecule has 3 rings (SSSR count). The first-order valence-electron chi connectivity index (χ1n) is 6.74. The molecule has 102 valence electrons. The van der Waals surface area contributed by atoms with E-state index in [1.165, 1.54) is 11.1 Å². The molecule has 0 bridgehead atoms. The van der Waals surface area contributed by atoms with Gasteiger partial charge in [-0.05, 0) is 36.1 Å². The van der Waals surface area contributed by atoms with Crippen molar-refractivity contribution in [3.05, 3.63) is 64.7 Å². The van der Waals surface area contributed by atoms with Crippen LogP contribution in [-0.2, 0) is 17.6 Å². The number of rotatable bonds is 3. The largest absolute Gasteiger partial charge is 0.326 e. The first-order valence-corrected chi connectivity index (χ1v) is 7.18. The van der Waals surface area contributed by atoms with Gasteiger partial charge in [-0.2, -0.15) is 0 Å².